The molecule has 2 aliphatic heterocycles. The first kappa shape index (κ1) is 23.1. The number of nitrogens with zero attached hydrogens (tertiary/aromatic N) is 1. The van der Waals surface area contributed by atoms with Crippen molar-refractivity contribution in [3.05, 3.63) is 60.2 Å². The fourth-order valence-electron chi connectivity index (χ4n) is 5.69. The molecule has 0 N–H and O–H groups in total. The molecule has 1 aliphatic carbocycles. The van der Waals surface area contributed by atoms with Crippen LogP contribution in [0.25, 0.3) is 31.3 Å². The van der Waals surface area contributed by atoms with Crippen LogP contribution in [-0.2, 0) is 16.1 Å². The Balaban J connectivity index is 1.28. The van der Waals surface area contributed by atoms with E-state index < -0.39 is 0 Å². The molecule has 4 aromatic rings. The summed E-state index contributed by atoms with van der Waals surface area (Å²) in [6.07, 6.45) is 4.20. The van der Waals surface area contributed by atoms with Crippen molar-refractivity contribution in [3.8, 4) is 22.6 Å². The molecule has 0 bridgehead atoms. The lowest BCUT2D eigenvalue weighted by Crippen LogP contribution is -2.39. The summed E-state index contributed by atoms with van der Waals surface area (Å²) in [5, 5.41) is 2.56. The summed E-state index contributed by atoms with van der Waals surface area (Å²) < 4.78 is 20.8. The van der Waals surface area contributed by atoms with Crippen molar-refractivity contribution in [1.29, 1.82) is 0 Å². The van der Waals surface area contributed by atoms with Gasteiger partial charge in [-0.15, -0.1) is 11.3 Å². The lowest BCUT2D eigenvalue weighted by Gasteiger charge is -2.30. The second-order valence-electron chi connectivity index (χ2n) is 10.5. The maximum absolute atomic E-state index is 13.2. The van der Waals surface area contributed by atoms with Gasteiger partial charge < -0.3 is 19.1 Å². The molecule has 3 aliphatic rings. The largest absolute Gasteiger partial charge is 0.489 e. The second kappa shape index (κ2) is 9.66. The van der Waals surface area contributed by atoms with E-state index in [1.165, 1.54) is 20.2 Å². The van der Waals surface area contributed by atoms with Crippen LogP contribution in [0.1, 0.15) is 31.2 Å². The van der Waals surface area contributed by atoms with Gasteiger partial charge >= 0.3 is 0 Å². The minimum absolute atomic E-state index is 0.178. The van der Waals surface area contributed by atoms with Crippen LogP contribution < -0.4 is 9.47 Å². The molecule has 7 rings (SSSR count). The van der Waals surface area contributed by atoms with Gasteiger partial charge in [-0.2, -0.15) is 0 Å². The summed E-state index contributed by atoms with van der Waals surface area (Å²) in [6.45, 7) is 3.82. The van der Waals surface area contributed by atoms with Gasteiger partial charge in [0.25, 0.3) is 0 Å². The first-order valence-electron chi connectivity index (χ1n) is 13.4. The third-order valence-electron chi connectivity index (χ3n) is 8.08. The summed E-state index contributed by atoms with van der Waals surface area (Å²) in [4.78, 5) is 15.1. The highest BCUT2D eigenvalue weighted by Gasteiger charge is 2.32. The van der Waals surface area contributed by atoms with Gasteiger partial charge in [0.1, 0.15) is 6.61 Å². The highest BCUT2D eigenvalue weighted by atomic mass is 32.1. The maximum Gasteiger partial charge on any atom is 0.226 e. The van der Waals surface area contributed by atoms with E-state index in [1.54, 1.807) is 0 Å². The van der Waals surface area contributed by atoms with Crippen LogP contribution in [-0.4, -0.2) is 43.8 Å². The van der Waals surface area contributed by atoms with E-state index in [9.17, 15) is 4.79 Å². The van der Waals surface area contributed by atoms with Gasteiger partial charge in [0, 0.05) is 50.7 Å². The minimum Gasteiger partial charge on any atom is -0.489 e. The van der Waals surface area contributed by atoms with E-state index in [4.69, 9.17) is 14.2 Å². The van der Waals surface area contributed by atoms with E-state index in [1.807, 2.05) is 16.2 Å². The first-order chi connectivity index (χ1) is 18.2. The van der Waals surface area contributed by atoms with Crippen LogP contribution in [0.3, 0.4) is 0 Å². The number of fused-ring (bicyclic) bond motifs is 4. The lowest BCUT2D eigenvalue weighted by atomic mass is 9.84. The van der Waals surface area contributed by atoms with Gasteiger partial charge in [0.2, 0.25) is 5.91 Å². The number of ether oxygens (including phenoxy) is 3. The molecule has 0 unspecified atom stereocenters. The molecule has 1 atom stereocenters. The summed E-state index contributed by atoms with van der Waals surface area (Å²) >= 11 is 1.83. The maximum atomic E-state index is 13.2. The van der Waals surface area contributed by atoms with Crippen molar-refractivity contribution >= 4 is 37.4 Å². The van der Waals surface area contributed by atoms with E-state index in [2.05, 4.69) is 54.6 Å². The van der Waals surface area contributed by atoms with E-state index in [0.29, 0.717) is 32.2 Å². The first-order valence-corrected chi connectivity index (χ1v) is 14.3. The number of thiophene rings is 1. The van der Waals surface area contributed by atoms with Crippen molar-refractivity contribution in [3.63, 3.8) is 0 Å². The zero-order chi connectivity index (χ0) is 24.8. The average molecular weight is 514 g/mol. The van der Waals surface area contributed by atoms with Crippen molar-refractivity contribution < 1.29 is 19.0 Å². The molecule has 3 heterocycles. The summed E-state index contributed by atoms with van der Waals surface area (Å²) in [5.41, 5.74) is 3.26. The molecular formula is C31H31NO4S. The molecule has 2 fully saturated rings. The fraction of sp³-hybridized carbons (Fsp3) is 0.387. The number of carbonyl (C=O) groups is 1. The van der Waals surface area contributed by atoms with Crippen molar-refractivity contribution in [2.75, 3.05) is 33.0 Å². The topological polar surface area (TPSA) is 48.0 Å². The van der Waals surface area contributed by atoms with Crippen LogP contribution in [0.5, 0.6) is 11.5 Å². The predicted octanol–water partition coefficient (Wildman–Crippen LogP) is 6.66. The third kappa shape index (κ3) is 4.36. The Morgan fingerprint density at radius 3 is 2.70 bits per heavy atom. The Kier molecular flexibility index (Phi) is 6.02. The van der Waals surface area contributed by atoms with Gasteiger partial charge in [-0.3, -0.25) is 4.79 Å². The van der Waals surface area contributed by atoms with Crippen molar-refractivity contribution in [1.82, 2.24) is 4.90 Å². The Bertz CT molecular complexity index is 1470. The predicted molar refractivity (Wildman–Crippen MR) is 147 cm³/mol. The molecule has 190 valence electrons. The van der Waals surface area contributed by atoms with Gasteiger partial charge in [-0.05, 0) is 60.7 Å². The summed E-state index contributed by atoms with van der Waals surface area (Å²) in [6, 6.07) is 19.6. The highest BCUT2D eigenvalue weighted by molar-refractivity contribution is 7.25. The van der Waals surface area contributed by atoms with Crippen LogP contribution in [0.15, 0.2) is 54.6 Å². The van der Waals surface area contributed by atoms with Gasteiger partial charge in [-0.1, -0.05) is 30.7 Å². The SMILES string of the molecule is O=C(C1CCC1)N1CCOc2c(cc(-c3ccc4sc5ccccc5c4c3)cc2OC[C@H]2CCOC2)C1. The molecule has 1 amide bonds. The van der Waals surface area contributed by atoms with Gasteiger partial charge in [0.15, 0.2) is 11.5 Å². The zero-order valence-electron chi connectivity index (χ0n) is 20.9. The Morgan fingerprint density at radius 2 is 1.86 bits per heavy atom. The third-order valence-corrected chi connectivity index (χ3v) is 9.23. The smallest absolute Gasteiger partial charge is 0.226 e. The quantitative estimate of drug-likeness (QED) is 0.300. The zero-order valence-corrected chi connectivity index (χ0v) is 21.7. The van der Waals surface area contributed by atoms with Crippen LogP contribution in [0.2, 0.25) is 0 Å². The second-order valence-corrected chi connectivity index (χ2v) is 11.6. The Morgan fingerprint density at radius 1 is 0.973 bits per heavy atom. The van der Waals surface area contributed by atoms with E-state index in [0.717, 1.165) is 67.1 Å². The number of rotatable bonds is 5. The lowest BCUT2D eigenvalue weighted by molar-refractivity contribution is -0.138. The van der Waals surface area contributed by atoms with E-state index >= 15 is 0 Å². The fourth-order valence-corrected chi connectivity index (χ4v) is 6.77. The monoisotopic (exact) mass is 513 g/mol. The molecule has 5 nitrogen and oxygen atoms in total. The normalized spacial score (nSPS) is 19.9. The molecule has 0 radical (unpaired) electrons. The van der Waals surface area contributed by atoms with Gasteiger partial charge in [0.05, 0.1) is 19.8 Å². The summed E-state index contributed by atoms with van der Waals surface area (Å²) in [5.74, 6) is 2.40. The molecule has 1 saturated carbocycles. The Labute approximate surface area is 220 Å². The van der Waals surface area contributed by atoms with Crippen molar-refractivity contribution in [2.24, 2.45) is 11.8 Å². The highest BCUT2D eigenvalue weighted by Crippen LogP contribution is 2.42. The van der Waals surface area contributed by atoms with Crippen LogP contribution in [0, 0.1) is 11.8 Å². The molecule has 37 heavy (non-hydrogen) atoms. The number of hydrogen-bond acceptors (Lipinski definition) is 5. The molecule has 0 spiro atoms. The summed E-state index contributed by atoms with van der Waals surface area (Å²) in [7, 11) is 0. The van der Waals surface area contributed by atoms with Crippen LogP contribution >= 0.6 is 11.3 Å². The molecule has 3 aromatic carbocycles. The number of benzene rings is 3. The molecule has 1 aromatic heterocycles. The minimum atomic E-state index is 0.178. The molecular weight excluding hydrogens is 482 g/mol. The standard InChI is InChI=1S/C31H31NO4S/c33-31(21-4-3-5-21)32-11-13-35-30-24(17-32)14-23(16-27(30)36-19-20-10-12-34-18-20)22-8-9-29-26(15-22)25-6-1-2-7-28(25)37-29/h1-2,6-9,14-16,20-21H,3-5,10-13,17-19H2/t20-/m0/s1. The molecule has 1 saturated heterocycles. The van der Waals surface area contributed by atoms with E-state index in [-0.39, 0.29) is 11.8 Å². The average Bonchev–Trinajstić information content (AvgIpc) is 3.48. The van der Waals surface area contributed by atoms with Crippen molar-refractivity contribution in [2.45, 2.75) is 32.2 Å². The number of carbonyl (C=O) groups excluding carboxylic acids is 1. The molecule has 6 heteroatoms. The van der Waals surface area contributed by atoms with Gasteiger partial charge in [-0.25, -0.2) is 0 Å². The Hall–Kier alpha value is -3.09. The number of hydrogen-bond donors (Lipinski definition) is 0. The van der Waals surface area contributed by atoms with Crippen LogP contribution in [0.4, 0.5) is 0 Å². The number of amides is 1.